The minimum atomic E-state index is 0.0508. The average Bonchev–Trinajstić information content (AvgIpc) is 2.58. The van der Waals surface area contributed by atoms with Crippen molar-refractivity contribution in [1.82, 2.24) is 9.97 Å². The average molecular weight is 331 g/mol. The summed E-state index contributed by atoms with van der Waals surface area (Å²) in [6, 6.07) is 7.64. The molecule has 0 aliphatic carbocycles. The van der Waals surface area contributed by atoms with Gasteiger partial charge in [-0.25, -0.2) is 9.97 Å². The second kappa shape index (κ2) is 8.14. The summed E-state index contributed by atoms with van der Waals surface area (Å²) in [4.78, 5) is 8.40. The van der Waals surface area contributed by atoms with Crippen LogP contribution in [0.4, 0.5) is 0 Å². The van der Waals surface area contributed by atoms with E-state index in [-0.39, 0.29) is 5.96 Å². The van der Waals surface area contributed by atoms with Gasteiger partial charge in [-0.15, -0.1) is 5.10 Å². The number of hydrazone groups is 1. The van der Waals surface area contributed by atoms with Crippen LogP contribution in [0, 0.1) is 0 Å². The number of nitrogens with two attached hydrogens (primary N) is 2. The van der Waals surface area contributed by atoms with Crippen LogP contribution in [-0.2, 0) is 5.75 Å². The molecule has 0 amide bonds. The zero-order chi connectivity index (χ0) is 16.7. The van der Waals surface area contributed by atoms with E-state index in [1.165, 1.54) is 11.8 Å². The largest absolute Gasteiger partial charge is 0.496 e. The molecule has 7 nitrogen and oxygen atoms in total. The van der Waals surface area contributed by atoms with Crippen molar-refractivity contribution in [1.29, 1.82) is 0 Å². The van der Waals surface area contributed by atoms with Crippen LogP contribution in [0.2, 0.25) is 0 Å². The smallest absolute Gasteiger partial charge is 0.362 e. The highest BCUT2D eigenvalue weighted by Crippen LogP contribution is 2.27. The molecule has 0 saturated heterocycles. The Balaban J connectivity index is 2.22. The lowest BCUT2D eigenvalue weighted by molar-refractivity contribution is -0.464. The molecule has 8 heteroatoms. The van der Waals surface area contributed by atoms with E-state index >= 15 is 0 Å². The highest BCUT2D eigenvalue weighted by Gasteiger charge is 2.08. The Labute approximate surface area is 138 Å². The molecular formula is C15H19N6OS+. The molecule has 5 N–H and O–H groups in total. The molecule has 0 spiro atoms. The minimum absolute atomic E-state index is 0.0508. The fourth-order valence-electron chi connectivity index (χ4n) is 1.83. The van der Waals surface area contributed by atoms with E-state index in [9.17, 15) is 0 Å². The van der Waals surface area contributed by atoms with E-state index in [4.69, 9.17) is 16.2 Å². The quantitative estimate of drug-likeness (QED) is 0.223. The van der Waals surface area contributed by atoms with Gasteiger partial charge in [0.25, 0.3) is 0 Å². The summed E-state index contributed by atoms with van der Waals surface area (Å²) in [7, 11) is 1.65. The summed E-state index contributed by atoms with van der Waals surface area (Å²) >= 11 is 1.54. The van der Waals surface area contributed by atoms with Crippen molar-refractivity contribution in [3.05, 3.63) is 47.8 Å². The number of hydrogen-bond donors (Lipinski definition) is 3. The van der Waals surface area contributed by atoms with Crippen molar-refractivity contribution in [2.24, 2.45) is 16.6 Å². The van der Waals surface area contributed by atoms with Crippen molar-refractivity contribution in [3.8, 4) is 5.75 Å². The van der Waals surface area contributed by atoms with Crippen LogP contribution < -0.4 is 21.3 Å². The van der Waals surface area contributed by atoms with Gasteiger partial charge in [-0.05, 0) is 36.8 Å². The molecule has 0 bridgehead atoms. The maximum absolute atomic E-state index is 5.41. The zero-order valence-electron chi connectivity index (χ0n) is 13.0. The Morgan fingerprint density at radius 1 is 1.30 bits per heavy atom. The molecule has 2 rings (SSSR count). The lowest BCUT2D eigenvalue weighted by atomic mass is 10.1. The van der Waals surface area contributed by atoms with Crippen molar-refractivity contribution in [3.63, 3.8) is 0 Å². The van der Waals surface area contributed by atoms with Crippen LogP contribution in [0.5, 0.6) is 5.75 Å². The van der Waals surface area contributed by atoms with Gasteiger partial charge in [-0.3, -0.25) is 11.5 Å². The molecule has 0 saturated carbocycles. The number of aromatic nitrogens is 2. The number of thioether (sulfide) groups is 1. The first kappa shape index (κ1) is 16.8. The van der Waals surface area contributed by atoms with E-state index in [2.05, 4.69) is 20.2 Å². The van der Waals surface area contributed by atoms with E-state index in [1.807, 2.05) is 25.1 Å². The number of benzene rings is 1. The molecule has 0 unspecified atom stereocenters. The van der Waals surface area contributed by atoms with Crippen LogP contribution in [0.3, 0.4) is 0 Å². The standard InChI is InChI=1S/C15H18N6OS/c1-10(20-21-14(16)17)11-4-5-13(22-2)12(8-11)9-23-15-18-6-3-7-19-15/h3-8H,9H2,1-2H3,(H4,16,17,21)/p+1/b20-10-. The molecule has 0 radical (unpaired) electrons. The second-order valence-electron chi connectivity index (χ2n) is 4.61. The fraction of sp³-hybridized carbons (Fsp3) is 0.200. The van der Waals surface area contributed by atoms with Crippen LogP contribution in [-0.4, -0.2) is 28.7 Å². The van der Waals surface area contributed by atoms with Crippen LogP contribution in [0.1, 0.15) is 18.1 Å². The topological polar surface area (TPSA) is 113 Å². The highest BCUT2D eigenvalue weighted by molar-refractivity contribution is 7.98. The lowest BCUT2D eigenvalue weighted by Gasteiger charge is -2.10. The predicted molar refractivity (Wildman–Crippen MR) is 91.1 cm³/mol. The summed E-state index contributed by atoms with van der Waals surface area (Å²) in [5.74, 6) is 1.55. The Kier molecular flexibility index (Phi) is 5.93. The third-order valence-corrected chi connectivity index (χ3v) is 3.87. The lowest BCUT2D eigenvalue weighted by Crippen LogP contribution is -2.72. The second-order valence-corrected chi connectivity index (χ2v) is 5.55. The van der Waals surface area contributed by atoms with E-state index in [0.717, 1.165) is 27.7 Å². The molecule has 1 heterocycles. The Hall–Kier alpha value is -2.61. The number of hydrogen-bond acceptors (Lipinski definition) is 5. The summed E-state index contributed by atoms with van der Waals surface area (Å²) in [5, 5.41) is 7.39. The summed E-state index contributed by atoms with van der Waals surface area (Å²) in [6.07, 6.45) is 3.44. The molecule has 0 aliphatic rings. The van der Waals surface area contributed by atoms with Gasteiger partial charge in [-0.2, -0.15) is 5.10 Å². The molecule has 1 aromatic carbocycles. The fourth-order valence-corrected chi connectivity index (χ4v) is 2.61. The molecule has 23 heavy (non-hydrogen) atoms. The van der Waals surface area contributed by atoms with Crippen molar-refractivity contribution < 1.29 is 9.84 Å². The number of nitrogens with one attached hydrogen (secondary N) is 1. The van der Waals surface area contributed by atoms with Crippen molar-refractivity contribution in [2.75, 3.05) is 7.11 Å². The van der Waals surface area contributed by atoms with Gasteiger partial charge in [0.05, 0.1) is 12.8 Å². The summed E-state index contributed by atoms with van der Waals surface area (Å²) in [5.41, 5.74) is 13.4. The SMILES string of the molecule is COc1ccc(/C(C)=N\[NH+]=C(N)N)cc1CSc1ncccn1. The van der Waals surface area contributed by atoms with Crippen LogP contribution in [0.25, 0.3) is 0 Å². The highest BCUT2D eigenvalue weighted by atomic mass is 32.2. The molecule has 2 aromatic rings. The maximum Gasteiger partial charge on any atom is 0.362 e. The van der Waals surface area contributed by atoms with Gasteiger partial charge < -0.3 is 4.74 Å². The van der Waals surface area contributed by atoms with Gasteiger partial charge in [0.2, 0.25) is 0 Å². The first-order chi connectivity index (χ1) is 11.1. The van der Waals surface area contributed by atoms with Gasteiger partial charge in [0, 0.05) is 23.7 Å². The monoisotopic (exact) mass is 331 g/mol. The van der Waals surface area contributed by atoms with E-state index in [1.54, 1.807) is 25.6 Å². The Morgan fingerprint density at radius 3 is 2.70 bits per heavy atom. The molecular weight excluding hydrogens is 312 g/mol. The number of methoxy groups -OCH3 is 1. The normalized spacial score (nSPS) is 11.1. The summed E-state index contributed by atoms with van der Waals surface area (Å²) < 4.78 is 5.41. The van der Waals surface area contributed by atoms with Crippen LogP contribution in [0.15, 0.2) is 46.9 Å². The van der Waals surface area contributed by atoms with Crippen LogP contribution >= 0.6 is 11.8 Å². The number of nitrogens with zero attached hydrogens (tertiary/aromatic N) is 3. The number of guanidine groups is 1. The van der Waals surface area contributed by atoms with Gasteiger partial charge >= 0.3 is 5.96 Å². The molecule has 1 aromatic heterocycles. The van der Waals surface area contributed by atoms with Gasteiger partial charge in [0.1, 0.15) is 5.75 Å². The molecule has 0 aliphatic heterocycles. The third kappa shape index (κ3) is 4.96. The molecule has 0 fully saturated rings. The van der Waals surface area contributed by atoms with Gasteiger partial charge in [0.15, 0.2) is 5.16 Å². The Bertz CT molecular complexity index is 713. The molecule has 0 atom stereocenters. The van der Waals surface area contributed by atoms with E-state index < -0.39 is 0 Å². The third-order valence-electron chi connectivity index (χ3n) is 2.95. The predicted octanol–water partition coefficient (Wildman–Crippen LogP) is -0.144. The number of rotatable bonds is 6. The maximum atomic E-state index is 5.41. The van der Waals surface area contributed by atoms with Gasteiger partial charge in [-0.1, -0.05) is 11.8 Å². The van der Waals surface area contributed by atoms with Crippen molar-refractivity contribution in [2.45, 2.75) is 17.8 Å². The first-order valence-electron chi connectivity index (χ1n) is 6.85. The number of ether oxygens (including phenoxy) is 1. The Morgan fingerprint density at radius 2 is 2.04 bits per heavy atom. The van der Waals surface area contributed by atoms with Crippen molar-refractivity contribution >= 4 is 23.4 Å². The first-order valence-corrected chi connectivity index (χ1v) is 7.84. The minimum Gasteiger partial charge on any atom is -0.496 e. The van der Waals surface area contributed by atoms with E-state index in [0.29, 0.717) is 5.75 Å². The summed E-state index contributed by atoms with van der Waals surface area (Å²) in [6.45, 7) is 1.87. The zero-order valence-corrected chi connectivity index (χ0v) is 13.8. The molecule has 120 valence electrons.